The molecule has 0 bridgehead atoms. The molecule has 0 saturated heterocycles. The molecule has 46 valence electrons. The van der Waals surface area contributed by atoms with E-state index in [9.17, 15) is 0 Å². The van der Waals surface area contributed by atoms with Gasteiger partial charge in [0.15, 0.2) is 5.69 Å². The van der Waals surface area contributed by atoms with Crippen LogP contribution < -0.4 is 5.11 Å². The van der Waals surface area contributed by atoms with Crippen LogP contribution in [0, 0.1) is 0 Å². The minimum absolute atomic E-state index is 0.693. The first kappa shape index (κ1) is 6.42. The minimum atomic E-state index is 0.693. The number of hydrogen-bond donors (Lipinski definition) is 1. The normalized spacial score (nSPS) is 9.00. The summed E-state index contributed by atoms with van der Waals surface area (Å²) in [6, 6.07) is 7.23. The van der Waals surface area contributed by atoms with E-state index < -0.39 is 0 Å². The Balaban J connectivity index is 3.01. The molecule has 0 fully saturated rings. The summed E-state index contributed by atoms with van der Waals surface area (Å²) in [5.41, 5.74) is 9.06. The Morgan fingerprint density at radius 1 is 1.22 bits per heavy atom. The molecular weight excluding hydrogens is 180 g/mol. The molecule has 0 aliphatic carbocycles. The zero-order valence-electron chi connectivity index (χ0n) is 4.63. The Morgan fingerprint density at radius 2 is 1.78 bits per heavy atom. The van der Waals surface area contributed by atoms with Crippen LogP contribution in [0.25, 0.3) is 5.53 Å². The van der Waals surface area contributed by atoms with E-state index in [-0.39, 0.29) is 0 Å². The Labute approximate surface area is 61.5 Å². The molecule has 3 heteroatoms. The quantitative estimate of drug-likeness (QED) is 0.638. The highest BCUT2D eigenvalue weighted by Crippen LogP contribution is 2.09. The molecule has 0 radical (unpaired) electrons. The highest BCUT2D eigenvalue weighted by Gasteiger charge is 1.88. The molecule has 0 saturated carbocycles. The predicted molar refractivity (Wildman–Crippen MR) is 38.1 cm³/mol. The Kier molecular flexibility index (Phi) is 1.95. The van der Waals surface area contributed by atoms with Crippen LogP contribution in [0.2, 0.25) is 0 Å². The highest BCUT2D eigenvalue weighted by molar-refractivity contribution is 9.10. The average Bonchev–Trinajstić information content (AvgIpc) is 1.90. The fourth-order valence-corrected chi connectivity index (χ4v) is 0.789. The summed E-state index contributed by atoms with van der Waals surface area (Å²) in [7, 11) is 0. The van der Waals surface area contributed by atoms with Gasteiger partial charge in [-0.05, 0) is 12.1 Å². The van der Waals surface area contributed by atoms with Crippen molar-refractivity contribution in [1.82, 2.24) is 0 Å². The first-order chi connectivity index (χ1) is 4.33. The second-order valence-electron chi connectivity index (χ2n) is 1.62. The molecule has 2 nitrogen and oxygen atoms in total. The Hall–Kier alpha value is -0.700. The summed E-state index contributed by atoms with van der Waals surface area (Å²) < 4.78 is 1.00. The topological polar surface area (TPSA) is 36.3 Å². The van der Waals surface area contributed by atoms with Gasteiger partial charge < -0.3 is 5.53 Å². The van der Waals surface area contributed by atoms with E-state index in [1.165, 1.54) is 0 Å². The molecule has 0 atom stereocenters. The van der Waals surface area contributed by atoms with E-state index in [1.807, 2.05) is 17.2 Å². The first-order valence-electron chi connectivity index (χ1n) is 2.48. The van der Waals surface area contributed by atoms with Gasteiger partial charge in [-0.15, -0.1) is 0 Å². The van der Waals surface area contributed by atoms with Gasteiger partial charge in [-0.2, -0.15) is 0 Å². The third-order valence-corrected chi connectivity index (χ3v) is 1.50. The zero-order valence-corrected chi connectivity index (χ0v) is 6.22. The fourth-order valence-electron chi connectivity index (χ4n) is 0.524. The van der Waals surface area contributed by atoms with Crippen LogP contribution >= 0.6 is 15.9 Å². The second-order valence-corrected chi connectivity index (χ2v) is 2.53. The molecule has 0 aliphatic rings. The van der Waals surface area contributed by atoms with Gasteiger partial charge in [0.05, 0.1) is 0 Å². The molecule has 0 unspecified atom stereocenters. The largest absolute Gasteiger partial charge is 0.502 e. The van der Waals surface area contributed by atoms with E-state index in [1.54, 1.807) is 12.1 Å². The maximum absolute atomic E-state index is 8.36. The van der Waals surface area contributed by atoms with Gasteiger partial charge in [0.2, 0.25) is 0 Å². The third-order valence-electron chi connectivity index (χ3n) is 0.973. The SMILES string of the molecule is [N-]=[NH+]c1ccc(Br)cc1. The van der Waals surface area contributed by atoms with Gasteiger partial charge in [-0.3, -0.25) is 5.11 Å². The monoisotopic (exact) mass is 184 g/mol. The maximum Gasteiger partial charge on any atom is 0.192 e. The highest BCUT2D eigenvalue weighted by atomic mass is 79.9. The average molecular weight is 185 g/mol. The van der Waals surface area contributed by atoms with Crippen LogP contribution in [-0.2, 0) is 0 Å². The predicted octanol–water partition coefficient (Wildman–Crippen LogP) is 1.18. The van der Waals surface area contributed by atoms with Gasteiger partial charge in [-0.1, -0.05) is 15.9 Å². The van der Waals surface area contributed by atoms with Crippen molar-refractivity contribution in [2.24, 2.45) is 0 Å². The van der Waals surface area contributed by atoms with E-state index in [0.29, 0.717) is 5.69 Å². The van der Waals surface area contributed by atoms with Gasteiger partial charge in [0.1, 0.15) is 0 Å². The van der Waals surface area contributed by atoms with E-state index in [2.05, 4.69) is 15.9 Å². The van der Waals surface area contributed by atoms with Crippen LogP contribution in [0.3, 0.4) is 0 Å². The lowest BCUT2D eigenvalue weighted by atomic mass is 10.3. The van der Waals surface area contributed by atoms with E-state index in [0.717, 1.165) is 4.47 Å². The summed E-state index contributed by atoms with van der Waals surface area (Å²) in [4.78, 5) is 0. The number of nitrogens with one attached hydrogen (secondary N) is 1. The number of halogens is 1. The van der Waals surface area contributed by atoms with Crippen molar-refractivity contribution < 1.29 is 5.11 Å². The molecule has 9 heavy (non-hydrogen) atoms. The molecule has 0 heterocycles. The number of benzene rings is 1. The summed E-state index contributed by atoms with van der Waals surface area (Å²) in [5, 5.41) is 2.03. The molecule has 0 aliphatic heterocycles. The molecular formula is C6H5BrN2. The number of rotatable bonds is 1. The number of hydrogen-bond acceptors (Lipinski definition) is 0. The van der Waals surface area contributed by atoms with E-state index in [4.69, 9.17) is 5.53 Å². The van der Waals surface area contributed by atoms with Gasteiger partial charge in [-0.25, -0.2) is 0 Å². The minimum Gasteiger partial charge on any atom is -0.502 e. The summed E-state index contributed by atoms with van der Waals surface area (Å²) in [6.07, 6.45) is 0. The van der Waals surface area contributed by atoms with Crippen molar-refractivity contribution in [1.29, 1.82) is 0 Å². The lowest BCUT2D eigenvalue weighted by molar-refractivity contribution is -0.379. The number of nitrogens with zero attached hydrogens (tertiary/aromatic N) is 1. The van der Waals surface area contributed by atoms with Crippen molar-refractivity contribution in [3.05, 3.63) is 34.3 Å². The van der Waals surface area contributed by atoms with Gasteiger partial charge >= 0.3 is 0 Å². The van der Waals surface area contributed by atoms with Crippen molar-refractivity contribution in [3.8, 4) is 0 Å². The van der Waals surface area contributed by atoms with E-state index >= 15 is 0 Å². The van der Waals surface area contributed by atoms with Crippen molar-refractivity contribution in [2.75, 3.05) is 0 Å². The van der Waals surface area contributed by atoms with Crippen LogP contribution in [0.5, 0.6) is 0 Å². The lowest BCUT2D eigenvalue weighted by Gasteiger charge is -1.87. The molecule has 0 aromatic heterocycles. The zero-order chi connectivity index (χ0) is 6.69. The van der Waals surface area contributed by atoms with Gasteiger partial charge in [0, 0.05) is 16.6 Å². The summed E-state index contributed by atoms with van der Waals surface area (Å²) in [5.74, 6) is 0. The van der Waals surface area contributed by atoms with Crippen LogP contribution in [0.4, 0.5) is 5.69 Å². The molecule has 1 aromatic rings. The molecule has 1 N–H and O–H groups in total. The Bertz CT molecular complexity index is 205. The second kappa shape index (κ2) is 2.73. The molecule has 0 spiro atoms. The van der Waals surface area contributed by atoms with Crippen LogP contribution in [0.15, 0.2) is 28.7 Å². The first-order valence-corrected chi connectivity index (χ1v) is 3.28. The van der Waals surface area contributed by atoms with Crippen molar-refractivity contribution in [2.45, 2.75) is 0 Å². The standard InChI is InChI=1S/C6H5BrN2/c7-5-1-3-6(9-8)4-2-5/h1-4,9H. The molecule has 1 rings (SSSR count). The molecule has 1 aromatic carbocycles. The smallest absolute Gasteiger partial charge is 0.192 e. The van der Waals surface area contributed by atoms with Crippen LogP contribution in [-0.4, -0.2) is 0 Å². The lowest BCUT2D eigenvalue weighted by Crippen LogP contribution is -2.54. The third kappa shape index (κ3) is 1.61. The maximum atomic E-state index is 8.36. The van der Waals surface area contributed by atoms with Crippen molar-refractivity contribution >= 4 is 21.6 Å². The summed E-state index contributed by atoms with van der Waals surface area (Å²) in [6.45, 7) is 0. The molecule has 0 amide bonds. The summed E-state index contributed by atoms with van der Waals surface area (Å²) >= 11 is 3.27. The van der Waals surface area contributed by atoms with Gasteiger partial charge in [0.25, 0.3) is 0 Å². The van der Waals surface area contributed by atoms with Crippen LogP contribution in [0.1, 0.15) is 0 Å². The van der Waals surface area contributed by atoms with Crippen molar-refractivity contribution in [3.63, 3.8) is 0 Å². The Morgan fingerprint density at radius 3 is 2.22 bits per heavy atom. The fraction of sp³-hybridized carbons (Fsp3) is 0.